The Kier molecular flexibility index (Phi) is 5.97. The molecule has 1 unspecified atom stereocenters. The summed E-state index contributed by atoms with van der Waals surface area (Å²) in [6.45, 7) is 5.81. The molecule has 0 radical (unpaired) electrons. The molecule has 1 aliphatic rings. The Morgan fingerprint density at radius 3 is 2.29 bits per heavy atom. The number of hydrogen-bond acceptors (Lipinski definition) is 3. The van der Waals surface area contributed by atoms with Crippen LogP contribution in [0.5, 0.6) is 0 Å². The Balaban J connectivity index is 2.48. The van der Waals surface area contributed by atoms with Gasteiger partial charge in [0.2, 0.25) is 11.8 Å². The number of amides is 2. The van der Waals surface area contributed by atoms with Crippen molar-refractivity contribution in [3.63, 3.8) is 0 Å². The molecule has 1 saturated heterocycles. The van der Waals surface area contributed by atoms with Crippen LogP contribution in [0.1, 0.15) is 46.0 Å². The number of nitrogens with one attached hydrogen (secondary N) is 2. The summed E-state index contributed by atoms with van der Waals surface area (Å²) in [4.78, 5) is 25.1. The van der Waals surface area contributed by atoms with Gasteiger partial charge in [0.1, 0.15) is 6.04 Å². The van der Waals surface area contributed by atoms with E-state index in [-0.39, 0.29) is 24.3 Å². The first-order valence-electron chi connectivity index (χ1n) is 6.52. The Morgan fingerprint density at radius 2 is 1.88 bits per heavy atom. The number of nitrogens with zero attached hydrogens (tertiary/aromatic N) is 1. The lowest BCUT2D eigenvalue weighted by atomic mass is 10.1. The summed E-state index contributed by atoms with van der Waals surface area (Å²) in [6.07, 6.45) is 4.44. The van der Waals surface area contributed by atoms with E-state index in [1.165, 1.54) is 0 Å². The highest BCUT2D eigenvalue weighted by Gasteiger charge is 2.30. The minimum absolute atomic E-state index is 0.0465. The predicted octanol–water partition coefficient (Wildman–Crippen LogP) is 0.808. The van der Waals surface area contributed by atoms with E-state index in [9.17, 15) is 9.59 Å². The summed E-state index contributed by atoms with van der Waals surface area (Å²) in [5, 5.41) is 0. The molecule has 0 spiro atoms. The van der Waals surface area contributed by atoms with Crippen LogP contribution >= 0.6 is 0 Å². The largest absolute Gasteiger partial charge is 0.341 e. The van der Waals surface area contributed by atoms with Gasteiger partial charge in [-0.15, -0.1) is 0 Å². The lowest BCUT2D eigenvalue weighted by Gasteiger charge is -2.24. The second-order valence-electron chi connectivity index (χ2n) is 4.48. The summed E-state index contributed by atoms with van der Waals surface area (Å²) in [5.41, 5.74) is 5.23. The van der Waals surface area contributed by atoms with Crippen LogP contribution < -0.4 is 10.9 Å². The van der Waals surface area contributed by atoms with Crippen LogP contribution in [0.2, 0.25) is 0 Å². The predicted molar refractivity (Wildman–Crippen MR) is 66.1 cm³/mol. The molecule has 17 heavy (non-hydrogen) atoms. The van der Waals surface area contributed by atoms with Gasteiger partial charge in [-0.05, 0) is 12.8 Å². The topological polar surface area (TPSA) is 61.4 Å². The zero-order valence-electron chi connectivity index (χ0n) is 10.8. The van der Waals surface area contributed by atoms with Crippen LogP contribution in [0.3, 0.4) is 0 Å². The maximum absolute atomic E-state index is 12.2. The Bertz CT molecular complexity index is 260. The van der Waals surface area contributed by atoms with E-state index in [0.29, 0.717) is 0 Å². The van der Waals surface area contributed by atoms with Crippen LogP contribution in [-0.4, -0.2) is 35.8 Å². The third kappa shape index (κ3) is 4.34. The van der Waals surface area contributed by atoms with Gasteiger partial charge in [0, 0.05) is 13.1 Å². The molecule has 1 heterocycles. The van der Waals surface area contributed by atoms with Gasteiger partial charge in [0.25, 0.3) is 0 Å². The van der Waals surface area contributed by atoms with Crippen molar-refractivity contribution in [1.82, 2.24) is 15.8 Å². The molecule has 0 aromatic rings. The fourth-order valence-electron chi connectivity index (χ4n) is 1.85. The average molecular weight is 241 g/mol. The molecule has 2 N–H and O–H groups in total. The highest BCUT2D eigenvalue weighted by molar-refractivity contribution is 5.90. The van der Waals surface area contributed by atoms with Crippen LogP contribution in [0.4, 0.5) is 0 Å². The molecule has 0 aromatic carbocycles. The Labute approximate surface area is 103 Å². The van der Waals surface area contributed by atoms with Gasteiger partial charge < -0.3 is 4.90 Å². The normalized spacial score (nSPS) is 19.2. The lowest BCUT2D eigenvalue weighted by molar-refractivity contribution is -0.133. The molecule has 1 aliphatic heterocycles. The molecule has 5 nitrogen and oxygen atoms in total. The summed E-state index contributed by atoms with van der Waals surface area (Å²) in [7, 11) is 0. The van der Waals surface area contributed by atoms with Crippen molar-refractivity contribution in [2.24, 2.45) is 0 Å². The standard InChI is InChI=1S/C12H23N3O2/c1-3-5-7-15(8-6-4-2)12(17)10-9-11(16)14-13-10/h10,13H,3-9H2,1-2H3,(H,14,16). The number of carbonyl (C=O) groups excluding carboxylic acids is 2. The SMILES string of the molecule is CCCCN(CCCC)C(=O)C1CC(=O)NN1. The minimum Gasteiger partial charge on any atom is -0.341 e. The van der Waals surface area contributed by atoms with Crippen molar-refractivity contribution >= 4 is 11.8 Å². The van der Waals surface area contributed by atoms with Crippen molar-refractivity contribution in [2.45, 2.75) is 52.0 Å². The maximum Gasteiger partial charge on any atom is 0.242 e. The van der Waals surface area contributed by atoms with Crippen LogP contribution in [0.15, 0.2) is 0 Å². The first-order valence-corrected chi connectivity index (χ1v) is 6.52. The first-order chi connectivity index (χ1) is 8.19. The summed E-state index contributed by atoms with van der Waals surface area (Å²) >= 11 is 0. The van der Waals surface area contributed by atoms with Crippen LogP contribution in [-0.2, 0) is 9.59 Å². The molecule has 2 amide bonds. The van der Waals surface area contributed by atoms with Gasteiger partial charge in [-0.3, -0.25) is 15.0 Å². The van der Waals surface area contributed by atoms with E-state index >= 15 is 0 Å². The first kappa shape index (κ1) is 14.0. The quantitative estimate of drug-likeness (QED) is 0.693. The fourth-order valence-corrected chi connectivity index (χ4v) is 1.85. The second kappa shape index (κ2) is 7.27. The zero-order chi connectivity index (χ0) is 12.7. The number of hydrogen-bond donors (Lipinski definition) is 2. The molecule has 1 rings (SSSR count). The van der Waals surface area contributed by atoms with Gasteiger partial charge in [-0.1, -0.05) is 26.7 Å². The highest BCUT2D eigenvalue weighted by atomic mass is 16.2. The van der Waals surface area contributed by atoms with Crippen molar-refractivity contribution in [2.75, 3.05) is 13.1 Å². The average Bonchev–Trinajstić information content (AvgIpc) is 2.75. The third-order valence-electron chi connectivity index (χ3n) is 2.95. The fraction of sp³-hybridized carbons (Fsp3) is 0.833. The van der Waals surface area contributed by atoms with Gasteiger partial charge in [-0.25, -0.2) is 5.43 Å². The zero-order valence-corrected chi connectivity index (χ0v) is 10.8. The number of carbonyl (C=O) groups is 2. The van der Waals surface area contributed by atoms with Crippen molar-refractivity contribution in [3.05, 3.63) is 0 Å². The maximum atomic E-state index is 12.2. The molecule has 5 heteroatoms. The van der Waals surface area contributed by atoms with Gasteiger partial charge in [0.15, 0.2) is 0 Å². The summed E-state index contributed by atoms with van der Waals surface area (Å²) in [5.74, 6) is -0.0560. The smallest absolute Gasteiger partial charge is 0.242 e. The van der Waals surface area contributed by atoms with Crippen molar-refractivity contribution in [1.29, 1.82) is 0 Å². The van der Waals surface area contributed by atoms with Gasteiger partial charge in [-0.2, -0.15) is 0 Å². The Hall–Kier alpha value is -1.10. The Morgan fingerprint density at radius 1 is 1.29 bits per heavy atom. The monoisotopic (exact) mass is 241 g/mol. The molecule has 98 valence electrons. The van der Waals surface area contributed by atoms with Crippen molar-refractivity contribution < 1.29 is 9.59 Å². The summed E-state index contributed by atoms with van der Waals surface area (Å²) < 4.78 is 0. The molecule has 1 atom stereocenters. The molecule has 0 aromatic heterocycles. The van der Waals surface area contributed by atoms with E-state index in [0.717, 1.165) is 38.8 Å². The van der Waals surface area contributed by atoms with E-state index in [1.807, 2.05) is 4.90 Å². The van der Waals surface area contributed by atoms with Crippen molar-refractivity contribution in [3.8, 4) is 0 Å². The highest BCUT2D eigenvalue weighted by Crippen LogP contribution is 2.07. The third-order valence-corrected chi connectivity index (χ3v) is 2.95. The second-order valence-corrected chi connectivity index (χ2v) is 4.48. The molecule has 0 aliphatic carbocycles. The van der Waals surface area contributed by atoms with E-state index in [4.69, 9.17) is 0 Å². The molecular weight excluding hydrogens is 218 g/mol. The number of unbranched alkanes of at least 4 members (excludes halogenated alkanes) is 2. The van der Waals surface area contributed by atoms with Gasteiger partial charge >= 0.3 is 0 Å². The van der Waals surface area contributed by atoms with E-state index < -0.39 is 0 Å². The van der Waals surface area contributed by atoms with Gasteiger partial charge in [0.05, 0.1) is 6.42 Å². The van der Waals surface area contributed by atoms with Crippen LogP contribution in [0, 0.1) is 0 Å². The molecular formula is C12H23N3O2. The minimum atomic E-state index is -0.379. The van der Waals surface area contributed by atoms with E-state index in [1.54, 1.807) is 0 Å². The molecule has 0 saturated carbocycles. The molecule has 0 bridgehead atoms. The van der Waals surface area contributed by atoms with Crippen LogP contribution in [0.25, 0.3) is 0 Å². The number of hydrazine groups is 1. The lowest BCUT2D eigenvalue weighted by Crippen LogP contribution is -2.46. The molecule has 1 fully saturated rings. The summed E-state index contributed by atoms with van der Waals surface area (Å²) in [6, 6.07) is -0.379. The number of rotatable bonds is 7. The van der Waals surface area contributed by atoms with E-state index in [2.05, 4.69) is 24.7 Å².